The number of nitrogens with one attached hydrogen (secondary N) is 1. The quantitative estimate of drug-likeness (QED) is 0.459. The van der Waals surface area contributed by atoms with E-state index in [0.717, 1.165) is 5.56 Å². The number of aromatic nitrogens is 2. The second kappa shape index (κ2) is 12.5. The molecule has 1 aliphatic heterocycles. The number of H-pyrrole nitrogens is 1. The summed E-state index contributed by atoms with van der Waals surface area (Å²) >= 11 is 0. The number of nitrogens with zero attached hydrogens (tertiary/aromatic N) is 4. The van der Waals surface area contributed by atoms with Crippen LogP contribution in [-0.2, 0) is 21.4 Å². The molecule has 1 fully saturated rings. The maximum Gasteiger partial charge on any atom is 0.330 e. The van der Waals surface area contributed by atoms with Crippen LogP contribution in [0, 0.1) is 11.8 Å². The lowest BCUT2D eigenvalue weighted by Gasteiger charge is -2.34. The van der Waals surface area contributed by atoms with E-state index >= 15 is 0 Å². The molecule has 11 nitrogen and oxygen atoms in total. The van der Waals surface area contributed by atoms with Gasteiger partial charge in [-0.25, -0.2) is 13.2 Å². The number of carbonyl (C=O) groups is 1. The van der Waals surface area contributed by atoms with Crippen molar-refractivity contribution in [1.29, 1.82) is 0 Å². The third-order valence-electron chi connectivity index (χ3n) is 6.16. The van der Waals surface area contributed by atoms with Crippen LogP contribution in [0.4, 0.5) is 11.5 Å². The third kappa shape index (κ3) is 7.42. The zero-order valence-electron chi connectivity index (χ0n) is 22.5. The van der Waals surface area contributed by atoms with Gasteiger partial charge >= 0.3 is 5.69 Å². The predicted molar refractivity (Wildman–Crippen MR) is 150 cm³/mol. The Morgan fingerprint density at radius 1 is 1.05 bits per heavy atom. The van der Waals surface area contributed by atoms with Crippen LogP contribution in [0.3, 0.4) is 0 Å². The maximum atomic E-state index is 13.5. The molecular formula is C26H38N6O5S. The minimum Gasteiger partial charge on any atom is -0.383 e. The van der Waals surface area contributed by atoms with E-state index in [2.05, 4.69) is 4.98 Å². The van der Waals surface area contributed by atoms with Crippen LogP contribution in [0.15, 0.2) is 45.3 Å². The molecule has 208 valence electrons. The first-order valence-electron chi connectivity index (χ1n) is 12.8. The van der Waals surface area contributed by atoms with Crippen LogP contribution in [0.25, 0.3) is 6.08 Å². The fraction of sp³-hybridized carbons (Fsp3) is 0.500. The number of sulfonamides is 1. The summed E-state index contributed by atoms with van der Waals surface area (Å²) in [4.78, 5) is 44.1. The van der Waals surface area contributed by atoms with Crippen molar-refractivity contribution in [2.24, 2.45) is 11.8 Å². The van der Waals surface area contributed by atoms with E-state index in [0.29, 0.717) is 19.6 Å². The van der Waals surface area contributed by atoms with Crippen LogP contribution in [0.5, 0.6) is 0 Å². The van der Waals surface area contributed by atoms with Crippen molar-refractivity contribution in [3.63, 3.8) is 0 Å². The largest absolute Gasteiger partial charge is 0.383 e. The van der Waals surface area contributed by atoms with E-state index in [1.807, 2.05) is 62.9 Å². The highest BCUT2D eigenvalue weighted by molar-refractivity contribution is 7.92. The van der Waals surface area contributed by atoms with E-state index in [1.165, 1.54) is 19.2 Å². The van der Waals surface area contributed by atoms with E-state index in [-0.39, 0.29) is 55.4 Å². The van der Waals surface area contributed by atoms with E-state index in [9.17, 15) is 22.8 Å². The summed E-state index contributed by atoms with van der Waals surface area (Å²) in [5.41, 5.74) is 5.72. The predicted octanol–water partition coefficient (Wildman–Crippen LogP) is 1.38. The van der Waals surface area contributed by atoms with Crippen molar-refractivity contribution >= 4 is 33.5 Å². The second-order valence-electron chi connectivity index (χ2n) is 10.3. The first kappa shape index (κ1) is 29.3. The van der Waals surface area contributed by atoms with Gasteiger partial charge in [0.2, 0.25) is 15.9 Å². The topological polar surface area (TPSA) is 142 Å². The number of piperazine rings is 1. The molecule has 0 bridgehead atoms. The van der Waals surface area contributed by atoms with Crippen LogP contribution in [-0.4, -0.2) is 72.3 Å². The smallest absolute Gasteiger partial charge is 0.330 e. The third-order valence-corrected chi connectivity index (χ3v) is 7.73. The molecule has 1 saturated heterocycles. The first-order valence-corrected chi connectivity index (χ1v) is 14.3. The number of rotatable bonds is 10. The Morgan fingerprint density at radius 3 is 2.26 bits per heavy atom. The minimum absolute atomic E-state index is 0.0113. The summed E-state index contributed by atoms with van der Waals surface area (Å²) in [6, 6.07) is 9.19. The van der Waals surface area contributed by atoms with Gasteiger partial charge in [0.25, 0.3) is 5.56 Å². The molecule has 0 saturated carbocycles. The van der Waals surface area contributed by atoms with Crippen LogP contribution >= 0.6 is 0 Å². The molecule has 0 unspecified atom stereocenters. The van der Waals surface area contributed by atoms with Gasteiger partial charge in [0, 0.05) is 44.7 Å². The zero-order valence-corrected chi connectivity index (χ0v) is 23.3. The molecule has 1 amide bonds. The molecule has 0 aliphatic carbocycles. The summed E-state index contributed by atoms with van der Waals surface area (Å²) < 4.78 is 28.2. The number of benzene rings is 1. The molecule has 1 aromatic heterocycles. The Balaban J connectivity index is 1.73. The molecular weight excluding hydrogens is 508 g/mol. The standard InChI is InChI=1S/C26H38N6O5S/c1-19(2)16-31(23-24(27)32(17-20(3)4)26(35)28-25(23)34)22(33)18-29-11-13-30(14-12-29)38(36,37)15-10-21-8-6-5-7-9-21/h5-10,15,19-20H,11-14,16-18,27H2,1-4H3,(H,28,34,35)/b15-10+. The summed E-state index contributed by atoms with van der Waals surface area (Å²) in [6.45, 7) is 9.40. The second-order valence-corrected chi connectivity index (χ2v) is 12.1. The van der Waals surface area contributed by atoms with Gasteiger partial charge in [0.05, 0.1) is 6.54 Å². The molecule has 3 N–H and O–H groups in total. The summed E-state index contributed by atoms with van der Waals surface area (Å²) in [7, 11) is -3.60. The Bertz CT molecular complexity index is 1360. The first-order chi connectivity index (χ1) is 17.9. The number of amides is 1. The Hall–Kier alpha value is -3.22. The van der Waals surface area contributed by atoms with E-state index < -0.39 is 21.3 Å². The molecule has 1 aromatic carbocycles. The lowest BCUT2D eigenvalue weighted by molar-refractivity contribution is -0.120. The molecule has 38 heavy (non-hydrogen) atoms. The van der Waals surface area contributed by atoms with Gasteiger partial charge in [0.15, 0.2) is 5.69 Å². The van der Waals surface area contributed by atoms with Crippen molar-refractivity contribution in [2.45, 2.75) is 34.2 Å². The summed E-state index contributed by atoms with van der Waals surface area (Å²) in [5.74, 6) is -0.256. The molecule has 0 atom stereocenters. The van der Waals surface area contributed by atoms with Gasteiger partial charge in [-0.2, -0.15) is 4.31 Å². The molecule has 2 heterocycles. The van der Waals surface area contributed by atoms with Crippen molar-refractivity contribution in [1.82, 2.24) is 18.8 Å². The average molecular weight is 547 g/mol. The summed E-state index contributed by atoms with van der Waals surface area (Å²) in [5, 5.41) is 1.20. The van der Waals surface area contributed by atoms with Crippen molar-refractivity contribution in [2.75, 3.05) is 49.9 Å². The fourth-order valence-corrected chi connectivity index (χ4v) is 5.47. The number of nitrogen functional groups attached to an aromatic ring is 1. The highest BCUT2D eigenvalue weighted by atomic mass is 32.2. The van der Waals surface area contributed by atoms with Gasteiger partial charge in [-0.15, -0.1) is 0 Å². The lowest BCUT2D eigenvalue weighted by atomic mass is 10.2. The number of hydrogen-bond donors (Lipinski definition) is 2. The minimum atomic E-state index is -3.60. The molecule has 3 rings (SSSR count). The van der Waals surface area contributed by atoms with Crippen LogP contribution in [0.2, 0.25) is 0 Å². The molecule has 1 aliphatic rings. The number of hydrogen-bond acceptors (Lipinski definition) is 7. The molecule has 0 spiro atoms. The van der Waals surface area contributed by atoms with Crippen LogP contribution in [0.1, 0.15) is 33.3 Å². The van der Waals surface area contributed by atoms with Crippen LogP contribution < -0.4 is 21.9 Å². The number of anilines is 2. The number of nitrogens with two attached hydrogens (primary N) is 1. The Morgan fingerprint density at radius 2 is 1.68 bits per heavy atom. The van der Waals surface area contributed by atoms with Gasteiger partial charge in [-0.05, 0) is 23.5 Å². The highest BCUT2D eigenvalue weighted by Crippen LogP contribution is 2.20. The van der Waals surface area contributed by atoms with Gasteiger partial charge in [-0.1, -0.05) is 58.0 Å². The van der Waals surface area contributed by atoms with E-state index in [1.54, 1.807) is 6.08 Å². The van der Waals surface area contributed by atoms with Gasteiger partial charge in [-0.3, -0.25) is 24.0 Å². The van der Waals surface area contributed by atoms with Crippen molar-refractivity contribution in [3.8, 4) is 0 Å². The van der Waals surface area contributed by atoms with Crippen molar-refractivity contribution < 1.29 is 13.2 Å². The highest BCUT2D eigenvalue weighted by Gasteiger charge is 2.30. The van der Waals surface area contributed by atoms with Gasteiger partial charge < -0.3 is 10.6 Å². The number of aromatic amines is 1. The van der Waals surface area contributed by atoms with Crippen molar-refractivity contribution in [3.05, 3.63) is 62.1 Å². The Labute approximate surface area is 223 Å². The maximum absolute atomic E-state index is 13.5. The van der Waals surface area contributed by atoms with Gasteiger partial charge in [0.1, 0.15) is 5.82 Å². The zero-order chi connectivity index (χ0) is 28.0. The number of carbonyl (C=O) groups excluding carboxylic acids is 1. The fourth-order valence-electron chi connectivity index (χ4n) is 4.30. The molecule has 0 radical (unpaired) electrons. The monoisotopic (exact) mass is 546 g/mol. The normalized spacial score (nSPS) is 15.5. The molecule has 2 aromatic rings. The SMILES string of the molecule is CC(C)CN(C(=O)CN1CCN(S(=O)(=O)/C=C/c2ccccc2)CC1)c1c(N)n(CC(C)C)c(=O)[nH]c1=O. The molecule has 12 heteroatoms. The van der Waals surface area contributed by atoms with E-state index in [4.69, 9.17) is 5.73 Å². The summed E-state index contributed by atoms with van der Waals surface area (Å²) in [6.07, 6.45) is 1.57. The Kier molecular flexibility index (Phi) is 9.69. The lowest BCUT2D eigenvalue weighted by Crippen LogP contribution is -2.52. The average Bonchev–Trinajstić information content (AvgIpc) is 2.85.